The molecule has 0 fully saturated rings. The number of nitrogens with zero attached hydrogens (tertiary/aromatic N) is 4. The van der Waals surface area contributed by atoms with Crippen LogP contribution in [0.2, 0.25) is 0 Å². The van der Waals surface area contributed by atoms with Crippen LogP contribution >= 0.6 is 15.9 Å². The summed E-state index contributed by atoms with van der Waals surface area (Å²) in [5.74, 6) is 1.48. The molecular formula is C11H11BrN6. The number of anilines is 2. The molecule has 0 aliphatic carbocycles. The van der Waals surface area contributed by atoms with Crippen molar-refractivity contribution in [1.82, 2.24) is 19.9 Å². The Labute approximate surface area is 112 Å². The topological polar surface area (TPSA) is 71.5 Å². The summed E-state index contributed by atoms with van der Waals surface area (Å²) in [5, 5.41) is 7.56. The van der Waals surface area contributed by atoms with E-state index in [1.54, 1.807) is 10.7 Å². The summed E-state index contributed by atoms with van der Waals surface area (Å²) in [7, 11) is 0. The third-order valence-corrected chi connectivity index (χ3v) is 3.94. The summed E-state index contributed by atoms with van der Waals surface area (Å²) in [6.07, 6.45) is 3.95. The van der Waals surface area contributed by atoms with Crippen molar-refractivity contribution in [3.05, 3.63) is 28.5 Å². The summed E-state index contributed by atoms with van der Waals surface area (Å²) in [5.41, 5.74) is 8.04. The van der Waals surface area contributed by atoms with Gasteiger partial charge in [-0.1, -0.05) is 0 Å². The number of hydrogen-bond donors (Lipinski definition) is 2. The first-order valence-electron chi connectivity index (χ1n) is 5.74. The first-order chi connectivity index (χ1) is 8.72. The van der Waals surface area contributed by atoms with Crippen LogP contribution in [0.3, 0.4) is 0 Å². The lowest BCUT2D eigenvalue weighted by Gasteiger charge is -2.27. The predicted octanol–water partition coefficient (Wildman–Crippen LogP) is 0.750. The maximum absolute atomic E-state index is 6.01. The van der Waals surface area contributed by atoms with Crippen LogP contribution in [0.15, 0.2) is 28.5 Å². The molecule has 1 atom stereocenters. The Bertz CT molecular complexity index is 675. The molecule has 92 valence electrons. The van der Waals surface area contributed by atoms with Gasteiger partial charge in [-0.05, 0) is 22.0 Å². The molecule has 7 heteroatoms. The highest BCUT2D eigenvalue weighted by Crippen LogP contribution is 2.29. The van der Waals surface area contributed by atoms with Gasteiger partial charge in [0.05, 0.1) is 10.7 Å². The molecule has 6 nitrogen and oxygen atoms in total. The van der Waals surface area contributed by atoms with E-state index in [1.165, 1.54) is 5.70 Å². The molecule has 0 aromatic carbocycles. The van der Waals surface area contributed by atoms with Gasteiger partial charge in [-0.25, -0.2) is 4.98 Å². The highest BCUT2D eigenvalue weighted by Gasteiger charge is 2.31. The fraction of sp³-hybridized carbons (Fsp3) is 0.273. The quantitative estimate of drug-likeness (QED) is 0.813. The van der Waals surface area contributed by atoms with Crippen molar-refractivity contribution in [2.45, 2.75) is 6.04 Å². The Morgan fingerprint density at radius 2 is 2.39 bits per heavy atom. The third kappa shape index (κ3) is 1.31. The van der Waals surface area contributed by atoms with Gasteiger partial charge in [-0.2, -0.15) is 9.61 Å². The van der Waals surface area contributed by atoms with Crippen LogP contribution in [0.25, 0.3) is 5.65 Å². The minimum Gasteiger partial charge on any atom is -0.383 e. The van der Waals surface area contributed by atoms with Gasteiger partial charge in [0.25, 0.3) is 0 Å². The standard InChI is InChI=1S/C11H11BrN6/c12-8-4-15-18-9(13)2-10(16-11(8)18)17-5-6-1-7(17)3-14-6/h1-2,4,6,14H,3,5,13H2/t6-/m0/s1. The summed E-state index contributed by atoms with van der Waals surface area (Å²) < 4.78 is 2.49. The number of nitrogen functional groups attached to an aromatic ring is 1. The minimum atomic E-state index is 0.438. The van der Waals surface area contributed by atoms with E-state index in [1.807, 2.05) is 6.07 Å². The molecule has 0 spiro atoms. The van der Waals surface area contributed by atoms with Crippen molar-refractivity contribution >= 4 is 33.2 Å². The maximum atomic E-state index is 6.01. The molecular weight excluding hydrogens is 296 g/mol. The highest BCUT2D eigenvalue weighted by atomic mass is 79.9. The average Bonchev–Trinajstić information content (AvgIpc) is 3.05. The van der Waals surface area contributed by atoms with E-state index in [0.717, 1.165) is 29.0 Å². The van der Waals surface area contributed by atoms with Crippen LogP contribution in [0.1, 0.15) is 0 Å². The van der Waals surface area contributed by atoms with E-state index in [2.05, 4.69) is 42.3 Å². The normalized spacial score (nSPS) is 21.9. The van der Waals surface area contributed by atoms with Crippen molar-refractivity contribution in [3.8, 4) is 0 Å². The molecule has 2 aliphatic heterocycles. The lowest BCUT2D eigenvalue weighted by atomic mass is 10.3. The van der Waals surface area contributed by atoms with Crippen LogP contribution in [-0.2, 0) is 0 Å². The van der Waals surface area contributed by atoms with Gasteiger partial charge in [-0.15, -0.1) is 0 Å². The first kappa shape index (κ1) is 10.3. The molecule has 0 amide bonds. The molecule has 2 bridgehead atoms. The summed E-state index contributed by atoms with van der Waals surface area (Å²) in [6.45, 7) is 1.82. The van der Waals surface area contributed by atoms with Crippen molar-refractivity contribution in [3.63, 3.8) is 0 Å². The fourth-order valence-electron chi connectivity index (χ4n) is 2.53. The maximum Gasteiger partial charge on any atom is 0.173 e. The molecule has 18 heavy (non-hydrogen) atoms. The number of hydrogen-bond acceptors (Lipinski definition) is 5. The van der Waals surface area contributed by atoms with E-state index in [-0.39, 0.29) is 0 Å². The van der Waals surface area contributed by atoms with Crippen molar-refractivity contribution < 1.29 is 0 Å². The molecule has 4 rings (SSSR count). The van der Waals surface area contributed by atoms with E-state index in [9.17, 15) is 0 Å². The smallest absolute Gasteiger partial charge is 0.173 e. The monoisotopic (exact) mass is 306 g/mol. The Hall–Kier alpha value is -1.60. The zero-order valence-electron chi connectivity index (χ0n) is 9.47. The summed E-state index contributed by atoms with van der Waals surface area (Å²) in [6, 6.07) is 2.31. The van der Waals surface area contributed by atoms with Crippen molar-refractivity contribution in [2.24, 2.45) is 0 Å². The lowest BCUT2D eigenvalue weighted by Crippen LogP contribution is -2.40. The highest BCUT2D eigenvalue weighted by molar-refractivity contribution is 9.10. The number of fused-ring (bicyclic) bond motifs is 2. The zero-order valence-corrected chi connectivity index (χ0v) is 11.1. The van der Waals surface area contributed by atoms with Crippen molar-refractivity contribution in [1.29, 1.82) is 0 Å². The van der Waals surface area contributed by atoms with E-state index < -0.39 is 0 Å². The Kier molecular flexibility index (Phi) is 1.98. The number of piperazine rings is 1. The molecule has 0 unspecified atom stereocenters. The van der Waals surface area contributed by atoms with Crippen LogP contribution in [0.5, 0.6) is 0 Å². The Morgan fingerprint density at radius 3 is 3.11 bits per heavy atom. The third-order valence-electron chi connectivity index (χ3n) is 3.38. The second-order valence-electron chi connectivity index (χ2n) is 4.52. The van der Waals surface area contributed by atoms with Gasteiger partial charge in [0.2, 0.25) is 0 Å². The molecule has 2 aromatic rings. The zero-order chi connectivity index (χ0) is 12.3. The second-order valence-corrected chi connectivity index (χ2v) is 5.38. The van der Waals surface area contributed by atoms with Gasteiger partial charge in [-0.3, -0.25) is 0 Å². The molecule has 3 N–H and O–H groups in total. The van der Waals surface area contributed by atoms with Gasteiger partial charge in [0.15, 0.2) is 5.65 Å². The van der Waals surface area contributed by atoms with Gasteiger partial charge >= 0.3 is 0 Å². The second kappa shape index (κ2) is 3.46. The van der Waals surface area contributed by atoms with Crippen LogP contribution < -0.4 is 16.0 Å². The molecule has 0 radical (unpaired) electrons. The SMILES string of the molecule is Nc1cc(N2C[C@@H]3C=C2CN3)nc2c(Br)cnn12. The van der Waals surface area contributed by atoms with E-state index in [0.29, 0.717) is 11.9 Å². The minimum absolute atomic E-state index is 0.438. The van der Waals surface area contributed by atoms with Gasteiger partial charge in [0, 0.05) is 30.9 Å². The number of nitrogens with one attached hydrogen (secondary N) is 1. The van der Waals surface area contributed by atoms with Gasteiger partial charge < -0.3 is 16.0 Å². The number of nitrogens with two attached hydrogens (primary N) is 1. The van der Waals surface area contributed by atoms with Crippen LogP contribution in [0.4, 0.5) is 11.6 Å². The molecule has 4 heterocycles. The predicted molar refractivity (Wildman–Crippen MR) is 72.3 cm³/mol. The van der Waals surface area contributed by atoms with E-state index >= 15 is 0 Å². The Morgan fingerprint density at radius 1 is 1.50 bits per heavy atom. The molecule has 0 saturated carbocycles. The average molecular weight is 307 g/mol. The van der Waals surface area contributed by atoms with Crippen molar-refractivity contribution in [2.75, 3.05) is 23.7 Å². The fourth-order valence-corrected chi connectivity index (χ4v) is 2.88. The van der Waals surface area contributed by atoms with E-state index in [4.69, 9.17) is 5.73 Å². The first-order valence-corrected chi connectivity index (χ1v) is 6.53. The lowest BCUT2D eigenvalue weighted by molar-refractivity contribution is 0.619. The summed E-state index contributed by atoms with van der Waals surface area (Å²) in [4.78, 5) is 6.83. The largest absolute Gasteiger partial charge is 0.383 e. The van der Waals surface area contributed by atoms with Crippen LogP contribution in [0, 0.1) is 0 Å². The van der Waals surface area contributed by atoms with Crippen LogP contribution in [-0.4, -0.2) is 33.7 Å². The Balaban J connectivity index is 1.86. The summed E-state index contributed by atoms with van der Waals surface area (Å²) >= 11 is 3.44. The molecule has 2 aromatic heterocycles. The molecule has 2 aliphatic rings. The number of aromatic nitrogens is 3. The molecule has 0 saturated heterocycles. The number of rotatable bonds is 1. The number of halogens is 1. The van der Waals surface area contributed by atoms with Gasteiger partial charge in [0.1, 0.15) is 11.6 Å².